The first-order valence-corrected chi connectivity index (χ1v) is 9.22. The van der Waals surface area contributed by atoms with Crippen LogP contribution in [0.2, 0.25) is 0 Å². The maximum absolute atomic E-state index is 12.5. The molecule has 1 heterocycles. The van der Waals surface area contributed by atoms with Gasteiger partial charge in [0.25, 0.3) is 5.91 Å². The zero-order valence-electron chi connectivity index (χ0n) is 15.2. The summed E-state index contributed by atoms with van der Waals surface area (Å²) in [5.41, 5.74) is 1.98. The largest absolute Gasteiger partial charge is 0.370 e. The van der Waals surface area contributed by atoms with Crippen molar-refractivity contribution in [3.05, 3.63) is 45.9 Å². The zero-order chi connectivity index (χ0) is 17.7. The number of aromatic nitrogens is 1. The molecule has 0 bridgehead atoms. The molecule has 0 spiro atoms. The van der Waals surface area contributed by atoms with Crippen molar-refractivity contribution in [3.63, 3.8) is 0 Å². The van der Waals surface area contributed by atoms with E-state index in [1.165, 1.54) is 11.3 Å². The number of aryl methyl sites for hydroxylation is 1. The fourth-order valence-electron chi connectivity index (χ4n) is 2.47. The second-order valence-electron chi connectivity index (χ2n) is 6.63. The van der Waals surface area contributed by atoms with Crippen molar-refractivity contribution in [1.82, 2.24) is 10.3 Å². The quantitative estimate of drug-likeness (QED) is 0.828. The molecule has 1 N–H and O–H groups in total. The average molecular weight is 346 g/mol. The summed E-state index contributed by atoms with van der Waals surface area (Å²) in [5, 5.41) is 4.09. The summed E-state index contributed by atoms with van der Waals surface area (Å²) in [7, 11) is 2.05. The molecule has 1 amide bonds. The van der Waals surface area contributed by atoms with Gasteiger partial charge in [-0.2, -0.15) is 0 Å². The number of benzene rings is 1. The molecule has 1 atom stereocenters. The van der Waals surface area contributed by atoms with Crippen LogP contribution in [-0.4, -0.2) is 30.5 Å². The standard InChI is InChI=1S/C19H27N3OS/c1-13(2)11-17-21-15(4)18(24-17)19(23)20-12-14(3)22(5)16-9-7-6-8-10-16/h6-10,13-14H,11-12H2,1-5H3,(H,20,23). The smallest absolute Gasteiger partial charge is 0.263 e. The van der Waals surface area contributed by atoms with Crippen molar-refractivity contribution in [3.8, 4) is 0 Å². The summed E-state index contributed by atoms with van der Waals surface area (Å²) < 4.78 is 0. The summed E-state index contributed by atoms with van der Waals surface area (Å²) in [6.45, 7) is 8.95. The van der Waals surface area contributed by atoms with Crippen LogP contribution in [0.5, 0.6) is 0 Å². The Bertz CT molecular complexity index is 667. The van der Waals surface area contributed by atoms with E-state index in [0.717, 1.165) is 27.7 Å². The van der Waals surface area contributed by atoms with Crippen LogP contribution in [-0.2, 0) is 6.42 Å². The molecule has 0 saturated heterocycles. The Balaban J connectivity index is 1.94. The second kappa shape index (κ2) is 8.29. The summed E-state index contributed by atoms with van der Waals surface area (Å²) in [6, 6.07) is 10.4. The Hall–Kier alpha value is -1.88. The van der Waals surface area contributed by atoms with E-state index in [1.807, 2.05) is 32.2 Å². The van der Waals surface area contributed by atoms with E-state index in [-0.39, 0.29) is 11.9 Å². The normalized spacial score (nSPS) is 12.2. The molecule has 0 radical (unpaired) electrons. The minimum atomic E-state index is -0.0201. The minimum absolute atomic E-state index is 0.0201. The Kier molecular flexibility index (Phi) is 6.37. The van der Waals surface area contributed by atoms with Crippen molar-refractivity contribution in [2.75, 3.05) is 18.5 Å². The fraction of sp³-hybridized carbons (Fsp3) is 0.474. The Morgan fingerprint density at radius 2 is 1.92 bits per heavy atom. The van der Waals surface area contributed by atoms with Gasteiger partial charge in [-0.1, -0.05) is 32.0 Å². The average Bonchev–Trinajstić information content (AvgIpc) is 2.92. The number of carbonyl (C=O) groups is 1. The van der Waals surface area contributed by atoms with Gasteiger partial charge in [0, 0.05) is 31.7 Å². The number of likely N-dealkylation sites (N-methyl/N-ethyl adjacent to an activating group) is 1. The number of para-hydroxylation sites is 1. The lowest BCUT2D eigenvalue weighted by atomic mass is 10.1. The molecule has 4 nitrogen and oxygen atoms in total. The molecular formula is C19H27N3OS. The lowest BCUT2D eigenvalue weighted by Crippen LogP contribution is -2.40. The highest BCUT2D eigenvalue weighted by molar-refractivity contribution is 7.13. The molecule has 130 valence electrons. The van der Waals surface area contributed by atoms with Crippen LogP contribution >= 0.6 is 11.3 Å². The third-order valence-corrected chi connectivity index (χ3v) is 5.19. The molecule has 1 aromatic carbocycles. The van der Waals surface area contributed by atoms with E-state index < -0.39 is 0 Å². The van der Waals surface area contributed by atoms with Gasteiger partial charge in [-0.05, 0) is 31.9 Å². The highest BCUT2D eigenvalue weighted by atomic mass is 32.1. The van der Waals surface area contributed by atoms with Gasteiger partial charge >= 0.3 is 0 Å². The van der Waals surface area contributed by atoms with E-state index in [9.17, 15) is 4.79 Å². The molecule has 0 saturated carbocycles. The van der Waals surface area contributed by atoms with Crippen LogP contribution in [0.15, 0.2) is 30.3 Å². The number of nitrogens with zero attached hydrogens (tertiary/aromatic N) is 2. The number of hydrogen-bond acceptors (Lipinski definition) is 4. The molecule has 24 heavy (non-hydrogen) atoms. The van der Waals surface area contributed by atoms with E-state index in [0.29, 0.717) is 12.5 Å². The third kappa shape index (κ3) is 4.81. The van der Waals surface area contributed by atoms with Gasteiger partial charge in [-0.25, -0.2) is 4.98 Å². The van der Waals surface area contributed by atoms with Gasteiger partial charge in [0.05, 0.1) is 10.7 Å². The SMILES string of the molecule is Cc1nc(CC(C)C)sc1C(=O)NCC(C)N(C)c1ccccc1. The summed E-state index contributed by atoms with van der Waals surface area (Å²) in [5.74, 6) is 0.527. The predicted molar refractivity (Wildman–Crippen MR) is 102 cm³/mol. The number of thiazole rings is 1. The van der Waals surface area contributed by atoms with Crippen LogP contribution in [0, 0.1) is 12.8 Å². The van der Waals surface area contributed by atoms with E-state index >= 15 is 0 Å². The number of carbonyl (C=O) groups excluding carboxylic acids is 1. The molecule has 5 heteroatoms. The van der Waals surface area contributed by atoms with Crippen LogP contribution < -0.4 is 10.2 Å². The number of rotatable bonds is 7. The van der Waals surface area contributed by atoms with E-state index in [2.05, 4.69) is 48.1 Å². The highest BCUT2D eigenvalue weighted by Crippen LogP contribution is 2.21. The predicted octanol–water partition coefficient (Wildman–Crippen LogP) is 3.90. The molecule has 2 rings (SSSR count). The summed E-state index contributed by atoms with van der Waals surface area (Å²) in [6.07, 6.45) is 0.923. The Labute approximate surface area is 148 Å². The van der Waals surface area contributed by atoms with Crippen LogP contribution in [0.25, 0.3) is 0 Å². The van der Waals surface area contributed by atoms with E-state index in [4.69, 9.17) is 0 Å². The molecule has 0 fully saturated rings. The molecular weight excluding hydrogens is 318 g/mol. The molecule has 2 aromatic rings. The maximum Gasteiger partial charge on any atom is 0.263 e. The topological polar surface area (TPSA) is 45.2 Å². The molecule has 1 unspecified atom stereocenters. The third-order valence-electron chi connectivity index (χ3n) is 4.01. The van der Waals surface area contributed by atoms with Crippen LogP contribution in [0.1, 0.15) is 41.1 Å². The summed E-state index contributed by atoms with van der Waals surface area (Å²) >= 11 is 1.52. The van der Waals surface area contributed by atoms with Crippen molar-refractivity contribution >= 4 is 22.9 Å². The van der Waals surface area contributed by atoms with Crippen LogP contribution in [0.3, 0.4) is 0 Å². The van der Waals surface area contributed by atoms with Gasteiger partial charge in [0.15, 0.2) is 0 Å². The molecule has 0 aliphatic rings. The number of amides is 1. The minimum Gasteiger partial charge on any atom is -0.370 e. The molecule has 0 aliphatic carbocycles. The maximum atomic E-state index is 12.5. The van der Waals surface area contributed by atoms with Gasteiger partial charge in [0.2, 0.25) is 0 Å². The van der Waals surface area contributed by atoms with Gasteiger partial charge in [-0.15, -0.1) is 11.3 Å². The fourth-order valence-corrected chi connectivity index (χ4v) is 3.67. The lowest BCUT2D eigenvalue weighted by molar-refractivity contribution is 0.0955. The molecule has 0 aliphatic heterocycles. The van der Waals surface area contributed by atoms with Crippen molar-refractivity contribution in [2.45, 2.75) is 40.2 Å². The zero-order valence-corrected chi connectivity index (χ0v) is 16.0. The van der Waals surface area contributed by atoms with Gasteiger partial charge < -0.3 is 10.2 Å². The van der Waals surface area contributed by atoms with Gasteiger partial charge in [-0.3, -0.25) is 4.79 Å². The van der Waals surface area contributed by atoms with Crippen molar-refractivity contribution < 1.29 is 4.79 Å². The highest BCUT2D eigenvalue weighted by Gasteiger charge is 2.17. The number of anilines is 1. The Morgan fingerprint density at radius 3 is 2.54 bits per heavy atom. The Morgan fingerprint density at radius 1 is 1.25 bits per heavy atom. The van der Waals surface area contributed by atoms with Gasteiger partial charge in [0.1, 0.15) is 4.88 Å². The van der Waals surface area contributed by atoms with Crippen LogP contribution in [0.4, 0.5) is 5.69 Å². The monoisotopic (exact) mass is 345 g/mol. The molecule has 1 aromatic heterocycles. The number of nitrogens with one attached hydrogen (secondary N) is 1. The van der Waals surface area contributed by atoms with E-state index in [1.54, 1.807) is 0 Å². The second-order valence-corrected chi connectivity index (χ2v) is 7.71. The van der Waals surface area contributed by atoms with Crippen molar-refractivity contribution in [2.24, 2.45) is 5.92 Å². The number of hydrogen-bond donors (Lipinski definition) is 1. The lowest BCUT2D eigenvalue weighted by Gasteiger charge is -2.27. The first-order chi connectivity index (χ1) is 11.4. The first-order valence-electron chi connectivity index (χ1n) is 8.40. The first kappa shape index (κ1) is 18.5. The van der Waals surface area contributed by atoms with Crippen molar-refractivity contribution in [1.29, 1.82) is 0 Å². The summed E-state index contributed by atoms with van der Waals surface area (Å²) in [4.78, 5) is 19.9.